The largest absolute Gasteiger partial charge is 0.481 e. The maximum atomic E-state index is 12.0. The predicted octanol–water partition coefficient (Wildman–Crippen LogP) is -2.65. The number of carbonyl (C=O) groups is 4. The summed E-state index contributed by atoms with van der Waals surface area (Å²) < 4.78 is 0. The first-order valence-electron chi connectivity index (χ1n) is 7.84. The normalized spacial score (nSPS) is 14.2. The molecule has 0 heterocycles. The highest BCUT2D eigenvalue weighted by Crippen LogP contribution is 2.02. The third-order valence-electron chi connectivity index (χ3n) is 3.38. The Morgan fingerprint density at radius 1 is 0.920 bits per heavy atom. The van der Waals surface area contributed by atoms with Crippen molar-refractivity contribution in [3.05, 3.63) is 0 Å². The second-order valence-corrected chi connectivity index (χ2v) is 5.47. The minimum Gasteiger partial charge on any atom is -0.481 e. The summed E-state index contributed by atoms with van der Waals surface area (Å²) in [7, 11) is 0. The number of amides is 2. The zero-order chi connectivity index (χ0) is 19.4. The summed E-state index contributed by atoms with van der Waals surface area (Å²) in [5.41, 5.74) is 10.8. The summed E-state index contributed by atoms with van der Waals surface area (Å²) in [4.78, 5) is 45.4. The van der Waals surface area contributed by atoms with Gasteiger partial charge in [0.1, 0.15) is 12.1 Å². The second kappa shape index (κ2) is 12.2. The van der Waals surface area contributed by atoms with Crippen molar-refractivity contribution in [3.63, 3.8) is 0 Å². The van der Waals surface area contributed by atoms with Gasteiger partial charge < -0.3 is 37.4 Å². The summed E-state index contributed by atoms with van der Waals surface area (Å²) in [6.07, 6.45) is 0.773. The summed E-state index contributed by atoms with van der Waals surface area (Å²) in [6.45, 7) is -0.373. The predicted molar refractivity (Wildman–Crippen MR) is 86.3 cm³/mol. The minimum atomic E-state index is -1.39. The van der Waals surface area contributed by atoms with Crippen LogP contribution in [-0.4, -0.2) is 70.3 Å². The van der Waals surface area contributed by atoms with Crippen LogP contribution in [0.2, 0.25) is 0 Å². The van der Waals surface area contributed by atoms with Crippen LogP contribution in [0, 0.1) is 0 Å². The minimum absolute atomic E-state index is 0.141. The van der Waals surface area contributed by atoms with Crippen molar-refractivity contribution in [2.45, 2.75) is 50.2 Å². The van der Waals surface area contributed by atoms with Crippen molar-refractivity contribution in [1.82, 2.24) is 10.6 Å². The molecule has 3 atom stereocenters. The van der Waals surface area contributed by atoms with E-state index in [-0.39, 0.29) is 19.3 Å². The quantitative estimate of drug-likeness (QED) is 0.171. The number of carbonyl (C=O) groups excluding carboxylic acids is 2. The number of hydrogen-bond acceptors (Lipinski definition) is 7. The summed E-state index contributed by atoms with van der Waals surface area (Å²) in [6, 6.07) is -3.73. The Morgan fingerprint density at radius 3 is 2.00 bits per heavy atom. The number of rotatable bonds is 13. The Morgan fingerprint density at radius 2 is 1.52 bits per heavy atom. The fourth-order valence-electron chi connectivity index (χ4n) is 1.91. The molecule has 0 spiro atoms. The number of nitrogens with one attached hydrogen (secondary N) is 2. The molecule has 0 saturated heterocycles. The number of aliphatic hydroxyl groups is 1. The molecule has 25 heavy (non-hydrogen) atoms. The highest BCUT2D eigenvalue weighted by atomic mass is 16.4. The molecule has 144 valence electrons. The molecule has 0 saturated carbocycles. The van der Waals surface area contributed by atoms with Crippen LogP contribution in [0.5, 0.6) is 0 Å². The van der Waals surface area contributed by atoms with Crippen LogP contribution in [-0.2, 0) is 19.2 Å². The molecule has 3 unspecified atom stereocenters. The lowest BCUT2D eigenvalue weighted by atomic mass is 10.1. The van der Waals surface area contributed by atoms with E-state index in [0.29, 0.717) is 19.4 Å². The van der Waals surface area contributed by atoms with Gasteiger partial charge in [-0.25, -0.2) is 4.79 Å². The fourth-order valence-corrected chi connectivity index (χ4v) is 1.91. The summed E-state index contributed by atoms with van der Waals surface area (Å²) in [5, 5.41) is 31.3. The molecule has 0 aromatic heterocycles. The van der Waals surface area contributed by atoms with Gasteiger partial charge in [-0.1, -0.05) is 0 Å². The molecule has 0 fully saturated rings. The van der Waals surface area contributed by atoms with Gasteiger partial charge in [-0.3, -0.25) is 14.4 Å². The van der Waals surface area contributed by atoms with Crippen LogP contribution in [0.4, 0.5) is 0 Å². The van der Waals surface area contributed by atoms with E-state index < -0.39 is 48.5 Å². The van der Waals surface area contributed by atoms with Crippen LogP contribution < -0.4 is 22.1 Å². The maximum absolute atomic E-state index is 12.0. The fraction of sp³-hybridized carbons (Fsp3) is 0.714. The monoisotopic (exact) mass is 362 g/mol. The number of nitrogens with two attached hydrogens (primary N) is 2. The number of aliphatic hydroxyl groups excluding tert-OH is 1. The van der Waals surface area contributed by atoms with Gasteiger partial charge in [-0.15, -0.1) is 0 Å². The number of hydrogen-bond donors (Lipinski definition) is 7. The smallest absolute Gasteiger partial charge is 0.326 e. The van der Waals surface area contributed by atoms with E-state index in [1.165, 1.54) is 0 Å². The Hall–Kier alpha value is -2.24. The SMILES string of the molecule is NCCCCC(NC(=O)C(CO)NC(=O)C(N)CCC(=O)O)C(=O)O. The molecule has 0 aliphatic carbocycles. The van der Waals surface area contributed by atoms with E-state index in [0.717, 1.165) is 0 Å². The number of aliphatic carboxylic acids is 2. The van der Waals surface area contributed by atoms with Crippen molar-refractivity contribution in [2.24, 2.45) is 11.5 Å². The van der Waals surface area contributed by atoms with E-state index in [1.807, 2.05) is 0 Å². The van der Waals surface area contributed by atoms with Crippen LogP contribution in [0.3, 0.4) is 0 Å². The van der Waals surface area contributed by atoms with E-state index >= 15 is 0 Å². The van der Waals surface area contributed by atoms with Gasteiger partial charge in [-0.05, 0) is 32.2 Å². The van der Waals surface area contributed by atoms with Gasteiger partial charge in [0.2, 0.25) is 11.8 Å². The topological polar surface area (TPSA) is 205 Å². The van der Waals surface area contributed by atoms with E-state index in [2.05, 4.69) is 10.6 Å². The molecular weight excluding hydrogens is 336 g/mol. The molecule has 0 rings (SSSR count). The van der Waals surface area contributed by atoms with Crippen molar-refractivity contribution < 1.29 is 34.5 Å². The number of carboxylic acid groups (broad SMARTS) is 2. The first-order chi connectivity index (χ1) is 11.7. The van der Waals surface area contributed by atoms with Crippen LogP contribution in [0.15, 0.2) is 0 Å². The number of unbranched alkanes of at least 4 members (excludes halogenated alkanes) is 1. The average molecular weight is 362 g/mol. The van der Waals surface area contributed by atoms with E-state index in [9.17, 15) is 24.3 Å². The van der Waals surface area contributed by atoms with Crippen molar-refractivity contribution in [3.8, 4) is 0 Å². The van der Waals surface area contributed by atoms with Crippen molar-refractivity contribution in [2.75, 3.05) is 13.2 Å². The lowest BCUT2D eigenvalue weighted by molar-refractivity contribution is -0.142. The van der Waals surface area contributed by atoms with Crippen molar-refractivity contribution >= 4 is 23.8 Å². The van der Waals surface area contributed by atoms with Crippen LogP contribution in [0.25, 0.3) is 0 Å². The Kier molecular flexibility index (Phi) is 11.1. The Balaban J connectivity index is 4.63. The Labute approximate surface area is 144 Å². The van der Waals surface area contributed by atoms with E-state index in [1.54, 1.807) is 0 Å². The lowest BCUT2D eigenvalue weighted by Crippen LogP contribution is -2.55. The zero-order valence-corrected chi connectivity index (χ0v) is 13.8. The van der Waals surface area contributed by atoms with Gasteiger partial charge in [0.25, 0.3) is 0 Å². The lowest BCUT2D eigenvalue weighted by Gasteiger charge is -2.21. The number of carboxylic acids is 2. The van der Waals surface area contributed by atoms with Crippen LogP contribution >= 0.6 is 0 Å². The molecule has 11 nitrogen and oxygen atoms in total. The Bertz CT molecular complexity index is 472. The molecular formula is C14H26N4O7. The molecule has 2 amide bonds. The van der Waals surface area contributed by atoms with Gasteiger partial charge in [-0.2, -0.15) is 0 Å². The third-order valence-corrected chi connectivity index (χ3v) is 3.38. The standard InChI is InChI=1S/C14H26N4O7/c15-6-2-1-3-9(14(24)25)17-13(23)10(7-19)18-12(22)8(16)4-5-11(20)21/h8-10,19H,1-7,15-16H2,(H,17,23)(H,18,22)(H,20,21)(H,24,25). The summed E-state index contributed by atoms with van der Waals surface area (Å²) >= 11 is 0. The first-order valence-corrected chi connectivity index (χ1v) is 7.84. The van der Waals surface area contributed by atoms with Gasteiger partial charge >= 0.3 is 11.9 Å². The average Bonchev–Trinajstić information content (AvgIpc) is 2.55. The van der Waals surface area contributed by atoms with Gasteiger partial charge in [0.05, 0.1) is 12.6 Å². The zero-order valence-electron chi connectivity index (χ0n) is 13.8. The molecule has 0 bridgehead atoms. The third kappa shape index (κ3) is 9.59. The molecule has 11 heteroatoms. The van der Waals surface area contributed by atoms with Crippen LogP contribution in [0.1, 0.15) is 32.1 Å². The molecule has 0 aliphatic rings. The highest BCUT2D eigenvalue weighted by Gasteiger charge is 2.27. The molecule has 0 aromatic rings. The first kappa shape index (κ1) is 22.8. The molecule has 0 aliphatic heterocycles. The van der Waals surface area contributed by atoms with Crippen molar-refractivity contribution in [1.29, 1.82) is 0 Å². The van der Waals surface area contributed by atoms with Gasteiger partial charge in [0.15, 0.2) is 0 Å². The summed E-state index contributed by atoms with van der Waals surface area (Å²) in [5.74, 6) is -4.06. The van der Waals surface area contributed by atoms with Gasteiger partial charge in [0, 0.05) is 6.42 Å². The molecule has 0 aromatic carbocycles. The van der Waals surface area contributed by atoms with E-state index in [4.69, 9.17) is 21.7 Å². The highest BCUT2D eigenvalue weighted by molar-refractivity contribution is 5.91. The maximum Gasteiger partial charge on any atom is 0.326 e. The second-order valence-electron chi connectivity index (χ2n) is 5.47. The molecule has 0 radical (unpaired) electrons. The molecule has 9 N–H and O–H groups in total.